The molecule has 0 saturated carbocycles. The largest absolute Gasteiger partial charge is 0.480 e. The van der Waals surface area contributed by atoms with E-state index < -0.39 is 18.1 Å². The van der Waals surface area contributed by atoms with E-state index in [9.17, 15) is 14.7 Å². The van der Waals surface area contributed by atoms with Crippen LogP contribution in [0.25, 0.3) is 0 Å². The molecule has 6 nitrogen and oxygen atoms in total. The number of carboxylic acid groups (broad SMARTS) is 1. The summed E-state index contributed by atoms with van der Waals surface area (Å²) in [4.78, 5) is 23.0. The zero-order valence-corrected chi connectivity index (χ0v) is 11.7. The molecule has 1 saturated heterocycles. The Kier molecular flexibility index (Phi) is 5.57. The number of benzene rings is 1. The predicted octanol–water partition coefficient (Wildman–Crippen LogP) is 1.79. The van der Waals surface area contributed by atoms with E-state index in [0.29, 0.717) is 13.2 Å². The van der Waals surface area contributed by atoms with Crippen LogP contribution in [-0.4, -0.2) is 36.4 Å². The fourth-order valence-corrected chi connectivity index (χ4v) is 2.30. The summed E-state index contributed by atoms with van der Waals surface area (Å²) < 4.78 is 10.3. The third kappa shape index (κ3) is 4.75. The Hall–Kier alpha value is -2.08. The Labute approximate surface area is 123 Å². The maximum absolute atomic E-state index is 11.7. The number of hydrogen-bond donors (Lipinski definition) is 2. The van der Waals surface area contributed by atoms with E-state index in [0.717, 1.165) is 18.4 Å². The van der Waals surface area contributed by atoms with E-state index in [2.05, 4.69) is 5.32 Å². The zero-order chi connectivity index (χ0) is 15.1. The molecular formula is C15H19NO5. The van der Waals surface area contributed by atoms with Gasteiger partial charge in [0.1, 0.15) is 12.6 Å². The molecule has 0 spiro atoms. The van der Waals surface area contributed by atoms with Crippen LogP contribution in [0.1, 0.15) is 18.4 Å². The van der Waals surface area contributed by atoms with Crippen molar-refractivity contribution in [3.05, 3.63) is 35.9 Å². The third-order valence-electron chi connectivity index (χ3n) is 3.42. The first-order valence-electron chi connectivity index (χ1n) is 6.94. The predicted molar refractivity (Wildman–Crippen MR) is 74.7 cm³/mol. The van der Waals surface area contributed by atoms with Crippen LogP contribution in [0, 0.1) is 5.92 Å². The highest BCUT2D eigenvalue weighted by molar-refractivity contribution is 5.80. The van der Waals surface area contributed by atoms with E-state index in [1.807, 2.05) is 30.3 Å². The van der Waals surface area contributed by atoms with Crippen LogP contribution >= 0.6 is 0 Å². The van der Waals surface area contributed by atoms with Gasteiger partial charge in [0.15, 0.2) is 0 Å². The molecule has 0 aliphatic carbocycles. The van der Waals surface area contributed by atoms with Gasteiger partial charge in [-0.15, -0.1) is 0 Å². The van der Waals surface area contributed by atoms with E-state index in [4.69, 9.17) is 9.47 Å². The van der Waals surface area contributed by atoms with E-state index in [1.165, 1.54) is 0 Å². The van der Waals surface area contributed by atoms with Crippen molar-refractivity contribution in [2.45, 2.75) is 25.5 Å². The first kappa shape index (κ1) is 15.3. The Balaban J connectivity index is 1.84. The van der Waals surface area contributed by atoms with Crippen molar-refractivity contribution in [3.8, 4) is 0 Å². The highest BCUT2D eigenvalue weighted by Crippen LogP contribution is 2.18. The molecule has 0 aromatic heterocycles. The fourth-order valence-electron chi connectivity index (χ4n) is 2.30. The van der Waals surface area contributed by atoms with Gasteiger partial charge in [-0.2, -0.15) is 0 Å². The molecule has 0 radical (unpaired) electrons. The van der Waals surface area contributed by atoms with Gasteiger partial charge in [-0.25, -0.2) is 9.59 Å². The lowest BCUT2D eigenvalue weighted by Crippen LogP contribution is -2.48. The lowest BCUT2D eigenvalue weighted by Gasteiger charge is -2.27. The summed E-state index contributed by atoms with van der Waals surface area (Å²) in [6.45, 7) is 1.09. The Morgan fingerprint density at radius 2 is 2.14 bits per heavy atom. The zero-order valence-electron chi connectivity index (χ0n) is 11.7. The highest BCUT2D eigenvalue weighted by atomic mass is 16.5. The molecule has 2 rings (SSSR count). The first-order chi connectivity index (χ1) is 10.2. The summed E-state index contributed by atoms with van der Waals surface area (Å²) in [5.41, 5.74) is 0.848. The summed E-state index contributed by atoms with van der Waals surface area (Å²) in [5, 5.41) is 11.6. The summed E-state index contributed by atoms with van der Waals surface area (Å²) in [6, 6.07) is 8.24. The van der Waals surface area contributed by atoms with Crippen LogP contribution < -0.4 is 5.32 Å². The maximum atomic E-state index is 11.7. The molecule has 1 fully saturated rings. The number of carbonyl (C=O) groups excluding carboxylic acids is 1. The minimum absolute atomic E-state index is 0.111. The Bertz CT molecular complexity index is 470. The molecule has 0 bridgehead atoms. The van der Waals surface area contributed by atoms with Crippen LogP contribution in [0.4, 0.5) is 4.79 Å². The lowest BCUT2D eigenvalue weighted by molar-refractivity contribution is -0.142. The van der Waals surface area contributed by atoms with Crippen LogP contribution in [0.3, 0.4) is 0 Å². The molecule has 2 N–H and O–H groups in total. The number of amides is 1. The van der Waals surface area contributed by atoms with Crippen molar-refractivity contribution in [2.24, 2.45) is 5.92 Å². The maximum Gasteiger partial charge on any atom is 0.408 e. The van der Waals surface area contributed by atoms with E-state index in [-0.39, 0.29) is 12.5 Å². The molecule has 1 aromatic carbocycles. The number of aliphatic carboxylic acids is 1. The number of alkyl carbamates (subject to hydrolysis) is 1. The van der Waals surface area contributed by atoms with E-state index in [1.54, 1.807) is 0 Å². The van der Waals surface area contributed by atoms with Crippen molar-refractivity contribution < 1.29 is 24.2 Å². The van der Waals surface area contributed by atoms with Gasteiger partial charge in [0.05, 0.1) is 6.61 Å². The number of nitrogens with one attached hydrogen (secondary N) is 1. The number of rotatable bonds is 5. The molecule has 2 unspecified atom stereocenters. The molecule has 2 atom stereocenters. The number of hydrogen-bond acceptors (Lipinski definition) is 4. The molecule has 1 heterocycles. The summed E-state index contributed by atoms with van der Waals surface area (Å²) in [5.74, 6) is -1.29. The van der Waals surface area contributed by atoms with Crippen molar-refractivity contribution in [2.75, 3.05) is 13.2 Å². The van der Waals surface area contributed by atoms with Crippen LogP contribution in [0.5, 0.6) is 0 Å². The Morgan fingerprint density at radius 3 is 2.76 bits per heavy atom. The van der Waals surface area contributed by atoms with Gasteiger partial charge in [-0.3, -0.25) is 0 Å². The standard InChI is InChI=1S/C15H19NO5/c17-14(18)13(12-7-4-8-20-10-12)16-15(19)21-9-11-5-2-1-3-6-11/h1-3,5-6,12-13H,4,7-10H2,(H,16,19)(H,17,18). The lowest BCUT2D eigenvalue weighted by atomic mass is 9.94. The highest BCUT2D eigenvalue weighted by Gasteiger charge is 2.31. The first-order valence-corrected chi connectivity index (χ1v) is 6.94. The Morgan fingerprint density at radius 1 is 1.38 bits per heavy atom. The van der Waals surface area contributed by atoms with E-state index >= 15 is 0 Å². The summed E-state index contributed by atoms with van der Waals surface area (Å²) >= 11 is 0. The van der Waals surface area contributed by atoms with Gasteiger partial charge in [0.25, 0.3) is 0 Å². The van der Waals surface area contributed by atoms with Crippen molar-refractivity contribution in [1.29, 1.82) is 0 Å². The second kappa shape index (κ2) is 7.64. The monoisotopic (exact) mass is 293 g/mol. The van der Waals surface area contributed by atoms with Gasteiger partial charge in [-0.1, -0.05) is 30.3 Å². The van der Waals surface area contributed by atoms with Crippen molar-refractivity contribution in [1.82, 2.24) is 5.32 Å². The number of carboxylic acids is 1. The van der Waals surface area contributed by atoms with Crippen molar-refractivity contribution in [3.63, 3.8) is 0 Å². The molecular weight excluding hydrogens is 274 g/mol. The quantitative estimate of drug-likeness (QED) is 0.864. The second-order valence-electron chi connectivity index (χ2n) is 5.00. The van der Waals surface area contributed by atoms with Crippen LogP contribution in [-0.2, 0) is 20.9 Å². The molecule has 6 heteroatoms. The average molecular weight is 293 g/mol. The second-order valence-corrected chi connectivity index (χ2v) is 5.00. The van der Waals surface area contributed by atoms with Gasteiger partial charge >= 0.3 is 12.1 Å². The molecule has 1 amide bonds. The van der Waals surface area contributed by atoms with Gasteiger partial charge in [0.2, 0.25) is 0 Å². The van der Waals surface area contributed by atoms with Crippen molar-refractivity contribution >= 4 is 12.1 Å². The average Bonchev–Trinajstić information content (AvgIpc) is 2.52. The normalized spacial score (nSPS) is 19.5. The van der Waals surface area contributed by atoms with Crippen LogP contribution in [0.2, 0.25) is 0 Å². The summed E-state index contributed by atoms with van der Waals surface area (Å²) in [6.07, 6.45) is 0.794. The third-order valence-corrected chi connectivity index (χ3v) is 3.42. The van der Waals surface area contributed by atoms with Gasteiger partial charge < -0.3 is 19.9 Å². The fraction of sp³-hybridized carbons (Fsp3) is 0.467. The summed E-state index contributed by atoms with van der Waals surface area (Å²) in [7, 11) is 0. The smallest absolute Gasteiger partial charge is 0.408 e. The molecule has 21 heavy (non-hydrogen) atoms. The minimum atomic E-state index is -1.07. The molecule has 114 valence electrons. The number of carbonyl (C=O) groups is 2. The minimum Gasteiger partial charge on any atom is -0.480 e. The molecule has 1 aliphatic rings. The topological polar surface area (TPSA) is 84.9 Å². The molecule has 1 aliphatic heterocycles. The van der Waals surface area contributed by atoms with Crippen LogP contribution in [0.15, 0.2) is 30.3 Å². The molecule has 1 aromatic rings. The van der Waals surface area contributed by atoms with Gasteiger partial charge in [0, 0.05) is 12.5 Å². The number of ether oxygens (including phenoxy) is 2. The van der Waals surface area contributed by atoms with Gasteiger partial charge in [-0.05, 0) is 18.4 Å². The SMILES string of the molecule is O=C(NC(C(=O)O)C1CCCOC1)OCc1ccccc1.